The molecule has 4 aromatic rings. The van der Waals surface area contributed by atoms with Crippen molar-refractivity contribution in [1.29, 1.82) is 0 Å². The van der Waals surface area contributed by atoms with Crippen LogP contribution in [0.4, 0.5) is 0 Å². The van der Waals surface area contributed by atoms with E-state index in [0.29, 0.717) is 34.9 Å². The van der Waals surface area contributed by atoms with Crippen LogP contribution in [0.2, 0.25) is 0 Å². The van der Waals surface area contributed by atoms with Gasteiger partial charge in [0.2, 0.25) is 0 Å². The maximum absolute atomic E-state index is 12.4. The van der Waals surface area contributed by atoms with Gasteiger partial charge in [-0.3, -0.25) is 4.98 Å². The highest BCUT2D eigenvalue weighted by molar-refractivity contribution is 7.92. The summed E-state index contributed by atoms with van der Waals surface area (Å²) in [4.78, 5) is 11.6. The predicted molar refractivity (Wildman–Crippen MR) is 133 cm³/mol. The molecule has 34 heavy (non-hydrogen) atoms. The smallest absolute Gasteiger partial charge is 0.268 e. The largest absolute Gasteiger partial charge is 0.414 e. The van der Waals surface area contributed by atoms with E-state index >= 15 is 0 Å². The molecule has 0 radical (unpaired) electrons. The van der Waals surface area contributed by atoms with Crippen LogP contribution in [0.5, 0.6) is 0 Å². The number of thiophene rings is 1. The van der Waals surface area contributed by atoms with Gasteiger partial charge in [0.1, 0.15) is 5.69 Å². The second-order valence-electron chi connectivity index (χ2n) is 8.57. The van der Waals surface area contributed by atoms with Gasteiger partial charge in [0.05, 0.1) is 32.6 Å². The molecule has 4 heterocycles. The molecule has 1 aliphatic heterocycles. The molecule has 1 atom stereocenters. The Morgan fingerprint density at radius 2 is 1.88 bits per heavy atom. The molecular formula is C24H27N5O3S2. The number of aryl methyl sites for hydroxylation is 1. The van der Waals surface area contributed by atoms with E-state index in [9.17, 15) is 8.42 Å². The van der Waals surface area contributed by atoms with Crippen LogP contribution in [0.3, 0.4) is 0 Å². The lowest BCUT2D eigenvalue weighted by Crippen LogP contribution is -2.13. The van der Waals surface area contributed by atoms with E-state index in [1.165, 1.54) is 11.3 Å². The minimum absolute atomic E-state index is 0. The monoisotopic (exact) mass is 497 g/mol. The Labute approximate surface area is 203 Å². The number of rotatable bonds is 6. The van der Waals surface area contributed by atoms with Crippen molar-refractivity contribution in [2.45, 2.75) is 49.8 Å². The van der Waals surface area contributed by atoms with Gasteiger partial charge in [0.15, 0.2) is 9.84 Å². The van der Waals surface area contributed by atoms with Gasteiger partial charge in [0, 0.05) is 17.9 Å². The zero-order valence-electron chi connectivity index (χ0n) is 19.1. The Morgan fingerprint density at radius 1 is 1.12 bits per heavy atom. The molecule has 3 aromatic heterocycles. The first-order valence-electron chi connectivity index (χ1n) is 11.2. The molecule has 1 unspecified atom stereocenters. The van der Waals surface area contributed by atoms with Gasteiger partial charge in [-0.15, -0.1) is 21.5 Å². The zero-order chi connectivity index (χ0) is 23.9. The molecule has 0 amide bonds. The van der Waals surface area contributed by atoms with Crippen LogP contribution in [0.1, 0.15) is 44.7 Å². The van der Waals surface area contributed by atoms with E-state index < -0.39 is 15.1 Å². The molecule has 10 heteroatoms. The molecule has 5 rings (SSSR count). The van der Waals surface area contributed by atoms with Crippen LogP contribution in [-0.4, -0.2) is 40.4 Å². The van der Waals surface area contributed by atoms with Crippen LogP contribution in [0.25, 0.3) is 33.6 Å². The summed E-state index contributed by atoms with van der Waals surface area (Å²) >= 11 is 1.66. The number of hydrogen-bond donors (Lipinski definition) is 1. The summed E-state index contributed by atoms with van der Waals surface area (Å²) in [7, 11) is -3.33. The van der Waals surface area contributed by atoms with Crippen molar-refractivity contribution in [2.24, 2.45) is 0 Å². The van der Waals surface area contributed by atoms with Crippen LogP contribution < -0.4 is 5.32 Å². The molecule has 178 valence electrons. The van der Waals surface area contributed by atoms with E-state index in [2.05, 4.69) is 26.6 Å². The fraction of sp³-hybridized carbons (Fsp3) is 0.333. The molecule has 0 saturated carbocycles. The Balaban J connectivity index is 0.00000289. The zero-order valence-corrected chi connectivity index (χ0v) is 20.8. The third-order valence-corrected chi connectivity index (χ3v) is 9.28. The summed E-state index contributed by atoms with van der Waals surface area (Å²) in [5.41, 5.74) is 2.52. The average molecular weight is 498 g/mol. The molecule has 0 aliphatic carbocycles. The molecular weight excluding hydrogens is 470 g/mol. The summed E-state index contributed by atoms with van der Waals surface area (Å²) in [6, 6.07) is 11.2. The Kier molecular flexibility index (Phi) is 6.05. The molecule has 8 nitrogen and oxygen atoms in total. The lowest BCUT2D eigenvalue weighted by atomic mass is 10.1. The first-order valence-corrected chi connectivity index (χ1v) is 13.5. The summed E-state index contributed by atoms with van der Waals surface area (Å²) in [5, 5.41) is 11.5. The van der Waals surface area contributed by atoms with Crippen molar-refractivity contribution in [3.05, 3.63) is 53.2 Å². The van der Waals surface area contributed by atoms with Gasteiger partial charge in [0.25, 0.3) is 11.8 Å². The third-order valence-electron chi connectivity index (χ3n) is 5.92. The highest BCUT2D eigenvalue weighted by Crippen LogP contribution is 2.35. The van der Waals surface area contributed by atoms with E-state index in [1.54, 1.807) is 55.6 Å². The summed E-state index contributed by atoms with van der Waals surface area (Å²) < 4.78 is 30.8. The minimum Gasteiger partial charge on any atom is -0.414 e. The summed E-state index contributed by atoms with van der Waals surface area (Å²) in [6.07, 6.45) is 3.98. The van der Waals surface area contributed by atoms with Crippen LogP contribution in [0, 0.1) is 6.92 Å². The fourth-order valence-corrected chi connectivity index (χ4v) is 5.98. The van der Waals surface area contributed by atoms with Crippen molar-refractivity contribution in [1.82, 2.24) is 25.5 Å². The highest BCUT2D eigenvalue weighted by Gasteiger charge is 2.22. The maximum atomic E-state index is 12.4. The molecule has 1 aliphatic rings. The SMILES string of the molecule is Cc1ncc(-c2ccc(S(=O)(=O)C(C)C)cc2)nc1-c1nnc(-c2ccc(C3CCCN3)s2)o1.[HH]. The quantitative estimate of drug-likeness (QED) is 0.392. The van der Waals surface area contributed by atoms with Crippen LogP contribution in [0.15, 0.2) is 51.9 Å². The van der Waals surface area contributed by atoms with Crippen molar-refractivity contribution in [3.8, 4) is 33.6 Å². The lowest BCUT2D eigenvalue weighted by molar-refractivity contribution is 0.582. The van der Waals surface area contributed by atoms with E-state index in [0.717, 1.165) is 23.4 Å². The Bertz CT molecular complexity index is 1430. The van der Waals surface area contributed by atoms with Crippen molar-refractivity contribution >= 4 is 21.2 Å². The molecule has 1 N–H and O–H groups in total. The maximum Gasteiger partial charge on any atom is 0.268 e. The fourth-order valence-electron chi connectivity index (χ4n) is 3.88. The van der Waals surface area contributed by atoms with Gasteiger partial charge in [-0.1, -0.05) is 12.1 Å². The number of hydrogen-bond acceptors (Lipinski definition) is 9. The summed E-state index contributed by atoms with van der Waals surface area (Å²) in [6.45, 7) is 6.22. The minimum atomic E-state index is -3.33. The van der Waals surface area contributed by atoms with Gasteiger partial charge >= 0.3 is 0 Å². The average Bonchev–Trinajstić information content (AvgIpc) is 3.60. The lowest BCUT2D eigenvalue weighted by Gasteiger charge is -2.09. The van der Waals surface area contributed by atoms with Gasteiger partial charge in [-0.25, -0.2) is 13.4 Å². The van der Waals surface area contributed by atoms with Crippen molar-refractivity contribution < 1.29 is 14.3 Å². The number of benzene rings is 1. The number of nitrogens with zero attached hydrogens (tertiary/aromatic N) is 4. The van der Waals surface area contributed by atoms with Gasteiger partial charge in [-0.2, -0.15) is 0 Å². The second kappa shape index (κ2) is 9.01. The molecule has 1 saturated heterocycles. The first kappa shape index (κ1) is 22.8. The molecule has 0 spiro atoms. The molecule has 0 bridgehead atoms. The molecule has 1 fully saturated rings. The van der Waals surface area contributed by atoms with Gasteiger partial charge < -0.3 is 9.73 Å². The highest BCUT2D eigenvalue weighted by atomic mass is 32.2. The number of aromatic nitrogens is 4. The second-order valence-corrected chi connectivity index (χ2v) is 12.2. The van der Waals surface area contributed by atoms with Crippen LogP contribution in [-0.2, 0) is 9.84 Å². The van der Waals surface area contributed by atoms with Crippen LogP contribution >= 0.6 is 11.3 Å². The topological polar surface area (TPSA) is 111 Å². The van der Waals surface area contributed by atoms with E-state index in [-0.39, 0.29) is 6.32 Å². The van der Waals surface area contributed by atoms with E-state index in [4.69, 9.17) is 9.40 Å². The first-order chi connectivity index (χ1) is 16.3. The number of sulfone groups is 1. The Hall–Kier alpha value is -2.95. The normalized spacial score (nSPS) is 16.4. The summed E-state index contributed by atoms with van der Waals surface area (Å²) in [5.74, 6) is 0.758. The van der Waals surface area contributed by atoms with E-state index in [1.807, 2.05) is 13.0 Å². The third kappa shape index (κ3) is 4.28. The predicted octanol–water partition coefficient (Wildman–Crippen LogP) is 5.08. The number of nitrogens with one attached hydrogen (secondary N) is 1. The standard InChI is InChI=1S/C24H25N5O3S2.H2/c1-14(2)34(30,31)17-8-6-16(7-9-17)19-13-26-15(3)22(27-19)24-29-28-23(32-24)21-11-10-20(33-21)18-5-4-12-25-18;/h6-11,13-14,18,25H,4-5,12H2,1-3H3;1H. The Morgan fingerprint density at radius 3 is 2.59 bits per heavy atom. The van der Waals surface area contributed by atoms with Crippen molar-refractivity contribution in [3.63, 3.8) is 0 Å². The molecule has 1 aromatic carbocycles. The van der Waals surface area contributed by atoms with Gasteiger partial charge in [-0.05, 0) is 64.4 Å². The van der Waals surface area contributed by atoms with Crippen molar-refractivity contribution in [2.75, 3.05) is 6.54 Å².